The Bertz CT molecular complexity index is 2750. The van der Waals surface area contributed by atoms with Crippen LogP contribution in [0.4, 0.5) is 15.9 Å². The average molecular weight is 892 g/mol. The highest BCUT2D eigenvalue weighted by atomic mass is 19.1. The number of anilines is 2. The molecule has 3 amide bonds. The molecule has 0 radical (unpaired) electrons. The number of likely N-dealkylation sites (tertiary alicyclic amines) is 2. The summed E-state index contributed by atoms with van der Waals surface area (Å²) in [5.41, 5.74) is 9.72. The number of carbonyl (C=O) groups is 3. The summed E-state index contributed by atoms with van der Waals surface area (Å²) >= 11 is 0. The van der Waals surface area contributed by atoms with Gasteiger partial charge in [0.1, 0.15) is 23.3 Å². The monoisotopic (exact) mass is 891 g/mol. The number of benzene rings is 2. The SMILES string of the molecule is CNc1ccc(-c2ccnc3c2cc([C@H](C)N2CCC(c4ccc(C(=O)N5CCn6nc(CN7CCC(c8ccc(N[C@H]9CCC(=O)NC9=O)cc8F)CC7)cc6C5)cc4)CC2)n3C)cn1. The fraction of sp³-hybridized carbons (Fsp3) is 0.412. The summed E-state index contributed by atoms with van der Waals surface area (Å²) in [6.07, 6.45) is 8.25. The lowest BCUT2D eigenvalue weighted by molar-refractivity contribution is -0.133. The zero-order valence-electron chi connectivity index (χ0n) is 38.0. The van der Waals surface area contributed by atoms with Crippen LogP contribution >= 0.6 is 0 Å². The molecule has 3 N–H and O–H groups in total. The van der Waals surface area contributed by atoms with Crippen LogP contribution in [-0.2, 0) is 36.3 Å². The topological polar surface area (TPSA) is 146 Å². The highest BCUT2D eigenvalue weighted by Gasteiger charge is 2.30. The molecule has 4 aliphatic rings. The summed E-state index contributed by atoms with van der Waals surface area (Å²) < 4.78 is 19.6. The molecule has 14 nitrogen and oxygen atoms in total. The number of fused-ring (bicyclic) bond motifs is 2. The maximum absolute atomic E-state index is 15.3. The van der Waals surface area contributed by atoms with Crippen molar-refractivity contribution in [3.05, 3.63) is 125 Å². The van der Waals surface area contributed by atoms with Gasteiger partial charge in [0, 0.05) is 79.9 Å². The number of aryl methyl sites for hydroxylation is 1. The van der Waals surface area contributed by atoms with Crippen LogP contribution in [0, 0.1) is 5.82 Å². The molecule has 342 valence electrons. The molecule has 3 fully saturated rings. The normalized spacial score (nSPS) is 19.5. The Kier molecular flexibility index (Phi) is 12.1. The van der Waals surface area contributed by atoms with Gasteiger partial charge in [-0.15, -0.1) is 0 Å². The quantitative estimate of drug-likeness (QED) is 0.114. The molecule has 4 aliphatic heterocycles. The van der Waals surface area contributed by atoms with E-state index in [0.717, 1.165) is 96.8 Å². The van der Waals surface area contributed by atoms with E-state index in [-0.39, 0.29) is 41.9 Å². The molecule has 2 atom stereocenters. The minimum Gasteiger partial charge on any atom is -0.374 e. The molecule has 66 heavy (non-hydrogen) atoms. The van der Waals surface area contributed by atoms with Crippen molar-refractivity contribution in [3.8, 4) is 11.1 Å². The lowest BCUT2D eigenvalue weighted by Gasteiger charge is -2.36. The highest BCUT2D eigenvalue weighted by Crippen LogP contribution is 2.37. The Balaban J connectivity index is 0.698. The molecule has 2 aromatic carbocycles. The molecule has 0 aliphatic carbocycles. The summed E-state index contributed by atoms with van der Waals surface area (Å²) in [4.78, 5) is 53.6. The van der Waals surface area contributed by atoms with Crippen molar-refractivity contribution in [1.82, 2.24) is 44.3 Å². The third-order valence-corrected chi connectivity index (χ3v) is 14.6. The Morgan fingerprint density at radius 3 is 2.39 bits per heavy atom. The third kappa shape index (κ3) is 8.81. The van der Waals surface area contributed by atoms with Gasteiger partial charge in [-0.05, 0) is 148 Å². The number of hydrogen-bond acceptors (Lipinski definition) is 10. The molecule has 0 saturated carbocycles. The van der Waals surface area contributed by atoms with Crippen molar-refractivity contribution in [2.45, 2.75) is 89.0 Å². The summed E-state index contributed by atoms with van der Waals surface area (Å²) in [6.45, 7) is 8.46. The van der Waals surface area contributed by atoms with Crippen LogP contribution in [0.15, 0.2) is 85.2 Å². The molecule has 0 spiro atoms. The van der Waals surface area contributed by atoms with E-state index in [1.165, 1.54) is 17.3 Å². The number of amides is 3. The van der Waals surface area contributed by atoms with Gasteiger partial charge < -0.3 is 20.1 Å². The molecule has 10 rings (SSSR count). The minimum atomic E-state index is -0.550. The Hall–Kier alpha value is -6.45. The fourth-order valence-corrected chi connectivity index (χ4v) is 10.7. The second-order valence-corrected chi connectivity index (χ2v) is 18.5. The zero-order chi connectivity index (χ0) is 45.5. The van der Waals surface area contributed by atoms with Gasteiger partial charge in [0.05, 0.1) is 24.5 Å². The summed E-state index contributed by atoms with van der Waals surface area (Å²) in [6, 6.07) is 23.7. The molecule has 15 heteroatoms. The number of pyridine rings is 2. The van der Waals surface area contributed by atoms with E-state index >= 15 is 4.39 Å². The van der Waals surface area contributed by atoms with E-state index in [2.05, 4.69) is 85.7 Å². The number of nitrogens with one attached hydrogen (secondary N) is 3. The van der Waals surface area contributed by atoms with E-state index in [1.54, 1.807) is 0 Å². The second-order valence-electron chi connectivity index (χ2n) is 18.5. The van der Waals surface area contributed by atoms with Gasteiger partial charge >= 0.3 is 0 Å². The number of carbonyl (C=O) groups excluding carboxylic acids is 3. The number of imide groups is 1. The predicted octanol–water partition coefficient (Wildman–Crippen LogP) is 7.21. The van der Waals surface area contributed by atoms with Gasteiger partial charge in [-0.25, -0.2) is 14.4 Å². The van der Waals surface area contributed by atoms with Crippen LogP contribution in [0.2, 0.25) is 0 Å². The number of aromatic nitrogens is 5. The lowest BCUT2D eigenvalue weighted by Crippen LogP contribution is -2.47. The van der Waals surface area contributed by atoms with Gasteiger partial charge in [0.2, 0.25) is 11.8 Å². The van der Waals surface area contributed by atoms with Gasteiger partial charge in [-0.2, -0.15) is 5.10 Å². The maximum Gasteiger partial charge on any atom is 0.254 e. The number of piperidine rings is 3. The van der Waals surface area contributed by atoms with Gasteiger partial charge in [-0.1, -0.05) is 18.2 Å². The second kappa shape index (κ2) is 18.4. The first-order valence-electron chi connectivity index (χ1n) is 23.5. The fourth-order valence-electron chi connectivity index (χ4n) is 10.7. The first kappa shape index (κ1) is 43.4. The van der Waals surface area contributed by atoms with Crippen molar-refractivity contribution < 1.29 is 18.8 Å². The molecule has 0 unspecified atom stereocenters. The molecule has 8 heterocycles. The van der Waals surface area contributed by atoms with Crippen LogP contribution in [0.3, 0.4) is 0 Å². The summed E-state index contributed by atoms with van der Waals surface area (Å²) in [7, 11) is 3.99. The number of hydrogen-bond donors (Lipinski definition) is 3. The van der Waals surface area contributed by atoms with Crippen molar-refractivity contribution in [3.63, 3.8) is 0 Å². The van der Waals surface area contributed by atoms with Crippen LogP contribution in [-0.4, -0.2) is 103 Å². The molecular weight excluding hydrogens is 834 g/mol. The first-order valence-corrected chi connectivity index (χ1v) is 23.5. The van der Waals surface area contributed by atoms with Gasteiger partial charge in [0.25, 0.3) is 5.91 Å². The van der Waals surface area contributed by atoms with E-state index in [0.29, 0.717) is 49.8 Å². The molecular formula is C51H58FN11O3. The van der Waals surface area contributed by atoms with Crippen molar-refractivity contribution >= 4 is 40.3 Å². The van der Waals surface area contributed by atoms with Crippen LogP contribution in [0.5, 0.6) is 0 Å². The van der Waals surface area contributed by atoms with E-state index in [4.69, 9.17) is 10.1 Å². The molecule has 3 saturated heterocycles. The Labute approximate surface area is 384 Å². The molecule has 6 aromatic rings. The van der Waals surface area contributed by atoms with Crippen LogP contribution < -0.4 is 16.0 Å². The molecule has 4 aromatic heterocycles. The van der Waals surface area contributed by atoms with E-state index < -0.39 is 6.04 Å². The van der Waals surface area contributed by atoms with Crippen molar-refractivity contribution in [1.29, 1.82) is 0 Å². The van der Waals surface area contributed by atoms with Crippen LogP contribution in [0.1, 0.15) is 102 Å². The Morgan fingerprint density at radius 2 is 1.67 bits per heavy atom. The largest absolute Gasteiger partial charge is 0.374 e. The summed E-state index contributed by atoms with van der Waals surface area (Å²) in [5.74, 6) is 0.520. The average Bonchev–Trinajstić information content (AvgIpc) is 3.91. The maximum atomic E-state index is 15.3. The van der Waals surface area contributed by atoms with Crippen molar-refractivity contribution in [2.24, 2.45) is 7.05 Å². The predicted molar refractivity (Wildman–Crippen MR) is 252 cm³/mol. The zero-order valence-corrected chi connectivity index (χ0v) is 38.0. The molecule has 0 bridgehead atoms. The first-order chi connectivity index (χ1) is 32.1. The van der Waals surface area contributed by atoms with E-state index in [1.807, 2.05) is 59.4 Å². The number of rotatable bonds is 11. The van der Waals surface area contributed by atoms with Gasteiger partial charge in [-0.3, -0.25) is 34.2 Å². The minimum absolute atomic E-state index is 0.0483. The summed E-state index contributed by atoms with van der Waals surface area (Å²) in [5, 5.41) is 14.6. The van der Waals surface area contributed by atoms with Gasteiger partial charge in [0.15, 0.2) is 0 Å². The number of halogens is 1. The Morgan fingerprint density at radius 1 is 0.879 bits per heavy atom. The van der Waals surface area contributed by atoms with Crippen LogP contribution in [0.25, 0.3) is 22.2 Å². The standard InChI is InChI=1S/C51H58FN11O3/c1-32(46-28-43-41(14-19-54-49(43)59(46)3)37-8-12-47(53-2)55-29-37)61-22-17-34(18-23-61)33-4-6-36(7-5-33)51(66)62-24-25-63-40(31-62)26-39(58-63)30-60-20-15-35(16-21-60)42-10-9-38(27-44(42)52)56-45-11-13-48(64)57-50(45)65/h4-10,12,14,19,26-29,32,34-35,45,56H,11,13,15-18,20-25,30-31H2,1-3H3,(H,53,55)(H,57,64,65)/t32-,45-/m0/s1. The third-order valence-electron chi connectivity index (χ3n) is 14.6. The number of nitrogens with zero attached hydrogens (tertiary/aromatic N) is 8. The lowest BCUT2D eigenvalue weighted by atomic mass is 9.88. The highest BCUT2D eigenvalue weighted by molar-refractivity contribution is 6.01. The van der Waals surface area contributed by atoms with Crippen molar-refractivity contribution in [2.75, 3.05) is 50.4 Å². The van der Waals surface area contributed by atoms with E-state index in [9.17, 15) is 14.4 Å². The smallest absolute Gasteiger partial charge is 0.254 e.